The highest BCUT2D eigenvalue weighted by Crippen LogP contribution is 2.56. The first-order valence-electron chi connectivity index (χ1n) is 6.08. The van der Waals surface area contributed by atoms with Crippen LogP contribution in [-0.2, 0) is 14.9 Å². The molecular formula is C14H18O2. The summed E-state index contributed by atoms with van der Waals surface area (Å²) in [6.07, 6.45) is 4.50. The highest BCUT2D eigenvalue weighted by Gasteiger charge is 2.60. The van der Waals surface area contributed by atoms with Gasteiger partial charge in [0.1, 0.15) is 0 Å². The van der Waals surface area contributed by atoms with Crippen molar-refractivity contribution in [2.75, 3.05) is 13.7 Å². The summed E-state index contributed by atoms with van der Waals surface area (Å²) in [6.45, 7) is 0.822. The standard InChI is InChI=1S/C14H18O2/c1-15-14-9-5-8-13(14,10-11-16-14)12-6-3-2-4-7-12/h2-4,6-7H,5,8-11H2,1H3/t13-,14-/m0/s1. The van der Waals surface area contributed by atoms with Gasteiger partial charge in [0.05, 0.1) is 12.0 Å². The van der Waals surface area contributed by atoms with Gasteiger partial charge in [-0.15, -0.1) is 0 Å². The van der Waals surface area contributed by atoms with Crippen LogP contribution in [0.25, 0.3) is 0 Å². The van der Waals surface area contributed by atoms with Crippen LogP contribution in [0.2, 0.25) is 0 Å². The van der Waals surface area contributed by atoms with Gasteiger partial charge in [0.15, 0.2) is 5.79 Å². The van der Waals surface area contributed by atoms with Crippen LogP contribution >= 0.6 is 0 Å². The van der Waals surface area contributed by atoms with E-state index in [4.69, 9.17) is 9.47 Å². The average molecular weight is 218 g/mol. The van der Waals surface area contributed by atoms with Crippen LogP contribution in [0.3, 0.4) is 0 Å². The third-order valence-corrected chi connectivity index (χ3v) is 4.36. The minimum Gasteiger partial charge on any atom is -0.352 e. The molecule has 1 aliphatic heterocycles. The smallest absolute Gasteiger partial charge is 0.177 e. The summed E-state index contributed by atoms with van der Waals surface area (Å²) in [5.41, 5.74) is 1.48. The molecule has 0 spiro atoms. The van der Waals surface area contributed by atoms with Crippen LogP contribution in [-0.4, -0.2) is 19.5 Å². The number of benzene rings is 1. The fourth-order valence-electron chi connectivity index (χ4n) is 3.59. The van der Waals surface area contributed by atoms with Crippen LogP contribution in [0.1, 0.15) is 31.2 Å². The van der Waals surface area contributed by atoms with Crippen LogP contribution in [0, 0.1) is 0 Å². The van der Waals surface area contributed by atoms with Gasteiger partial charge in [-0.25, -0.2) is 0 Å². The maximum Gasteiger partial charge on any atom is 0.177 e. The molecule has 0 radical (unpaired) electrons. The Morgan fingerprint density at radius 3 is 2.69 bits per heavy atom. The maximum absolute atomic E-state index is 5.95. The summed E-state index contributed by atoms with van der Waals surface area (Å²) in [6, 6.07) is 10.7. The molecule has 1 saturated heterocycles. The van der Waals surface area contributed by atoms with Crippen LogP contribution < -0.4 is 0 Å². The van der Waals surface area contributed by atoms with Gasteiger partial charge in [-0.05, 0) is 24.8 Å². The molecule has 2 heteroatoms. The fourth-order valence-corrected chi connectivity index (χ4v) is 3.59. The number of ether oxygens (including phenoxy) is 2. The van der Waals surface area contributed by atoms with Crippen LogP contribution in [0.5, 0.6) is 0 Å². The summed E-state index contributed by atoms with van der Waals surface area (Å²) in [5.74, 6) is -0.353. The molecule has 2 nitrogen and oxygen atoms in total. The van der Waals surface area contributed by atoms with Gasteiger partial charge in [0.2, 0.25) is 0 Å². The lowest BCUT2D eigenvalue weighted by molar-refractivity contribution is -0.213. The Morgan fingerprint density at radius 1 is 1.12 bits per heavy atom. The van der Waals surface area contributed by atoms with Gasteiger partial charge >= 0.3 is 0 Å². The SMILES string of the molecule is CO[C@]12CCC[C@@]1(c1ccccc1)CCO2. The van der Waals surface area contributed by atoms with E-state index in [1.807, 2.05) is 0 Å². The van der Waals surface area contributed by atoms with E-state index in [2.05, 4.69) is 30.3 Å². The van der Waals surface area contributed by atoms with Crippen molar-refractivity contribution >= 4 is 0 Å². The third-order valence-electron chi connectivity index (χ3n) is 4.36. The molecule has 1 saturated carbocycles. The second-order valence-corrected chi connectivity index (χ2v) is 4.86. The van der Waals surface area contributed by atoms with Crippen molar-refractivity contribution in [2.45, 2.75) is 36.9 Å². The monoisotopic (exact) mass is 218 g/mol. The first kappa shape index (κ1) is 10.3. The quantitative estimate of drug-likeness (QED) is 0.760. The number of fused-ring (bicyclic) bond motifs is 1. The number of hydrogen-bond acceptors (Lipinski definition) is 2. The van der Waals surface area contributed by atoms with Crippen molar-refractivity contribution in [3.63, 3.8) is 0 Å². The fraction of sp³-hybridized carbons (Fsp3) is 0.571. The first-order valence-corrected chi connectivity index (χ1v) is 6.08. The van der Waals surface area contributed by atoms with Crippen molar-refractivity contribution in [2.24, 2.45) is 0 Å². The van der Waals surface area contributed by atoms with E-state index in [0.717, 1.165) is 19.4 Å². The van der Waals surface area contributed by atoms with Gasteiger partial charge in [0.25, 0.3) is 0 Å². The average Bonchev–Trinajstić information content (AvgIpc) is 2.85. The molecule has 0 unspecified atom stereocenters. The molecule has 16 heavy (non-hydrogen) atoms. The Morgan fingerprint density at radius 2 is 1.94 bits per heavy atom. The zero-order valence-electron chi connectivity index (χ0n) is 9.74. The molecule has 1 aromatic carbocycles. The van der Waals surface area contributed by atoms with E-state index in [9.17, 15) is 0 Å². The van der Waals surface area contributed by atoms with Crippen molar-refractivity contribution in [3.05, 3.63) is 35.9 Å². The Balaban J connectivity index is 2.09. The normalized spacial score (nSPS) is 37.6. The van der Waals surface area contributed by atoms with Crippen molar-refractivity contribution < 1.29 is 9.47 Å². The molecule has 0 aromatic heterocycles. The summed E-state index contributed by atoms with van der Waals surface area (Å²) in [7, 11) is 1.79. The number of methoxy groups -OCH3 is 1. The van der Waals surface area contributed by atoms with Crippen LogP contribution in [0.4, 0.5) is 0 Å². The molecule has 2 fully saturated rings. The van der Waals surface area contributed by atoms with Crippen molar-refractivity contribution in [3.8, 4) is 0 Å². The zero-order valence-corrected chi connectivity index (χ0v) is 9.74. The summed E-state index contributed by atoms with van der Waals surface area (Å²) >= 11 is 0. The highest BCUT2D eigenvalue weighted by atomic mass is 16.7. The molecule has 86 valence electrons. The summed E-state index contributed by atoms with van der Waals surface area (Å²) in [4.78, 5) is 0. The van der Waals surface area contributed by atoms with Gasteiger partial charge in [-0.3, -0.25) is 0 Å². The number of hydrogen-bond donors (Lipinski definition) is 0. The molecular weight excluding hydrogens is 200 g/mol. The molecule has 2 atom stereocenters. The third kappa shape index (κ3) is 1.14. The summed E-state index contributed by atoms with van der Waals surface area (Å²) < 4.78 is 11.7. The first-order chi connectivity index (χ1) is 7.83. The largest absolute Gasteiger partial charge is 0.352 e. The summed E-state index contributed by atoms with van der Waals surface area (Å²) in [5, 5.41) is 0. The Labute approximate surface area is 96.6 Å². The van der Waals surface area contributed by atoms with Crippen molar-refractivity contribution in [1.82, 2.24) is 0 Å². The predicted octanol–water partition coefficient (Wildman–Crippen LogP) is 2.87. The zero-order chi connectivity index (χ0) is 11.1. The van der Waals surface area contributed by atoms with E-state index in [1.54, 1.807) is 7.11 Å². The number of rotatable bonds is 2. The Kier molecular flexibility index (Phi) is 2.30. The molecule has 0 bridgehead atoms. The minimum atomic E-state index is -0.353. The van der Waals surface area contributed by atoms with Gasteiger partial charge in [-0.2, -0.15) is 0 Å². The molecule has 3 rings (SSSR count). The second kappa shape index (κ2) is 3.57. The van der Waals surface area contributed by atoms with Gasteiger partial charge in [0, 0.05) is 13.5 Å². The van der Waals surface area contributed by atoms with E-state index in [-0.39, 0.29) is 11.2 Å². The van der Waals surface area contributed by atoms with E-state index in [1.165, 1.54) is 18.4 Å². The van der Waals surface area contributed by atoms with E-state index >= 15 is 0 Å². The molecule has 2 aliphatic rings. The van der Waals surface area contributed by atoms with Crippen molar-refractivity contribution in [1.29, 1.82) is 0 Å². The predicted molar refractivity (Wildman–Crippen MR) is 62.3 cm³/mol. The minimum absolute atomic E-state index is 0.100. The topological polar surface area (TPSA) is 18.5 Å². The lowest BCUT2D eigenvalue weighted by atomic mass is 9.74. The maximum atomic E-state index is 5.95. The van der Waals surface area contributed by atoms with E-state index < -0.39 is 0 Å². The lowest BCUT2D eigenvalue weighted by Gasteiger charge is -2.38. The van der Waals surface area contributed by atoms with Crippen LogP contribution in [0.15, 0.2) is 30.3 Å². The Bertz CT molecular complexity index is 362. The lowest BCUT2D eigenvalue weighted by Crippen LogP contribution is -2.45. The second-order valence-electron chi connectivity index (χ2n) is 4.86. The van der Waals surface area contributed by atoms with E-state index in [0.29, 0.717) is 0 Å². The molecule has 1 aromatic rings. The molecule has 0 amide bonds. The molecule has 0 N–H and O–H groups in total. The Hall–Kier alpha value is -0.860. The molecule has 1 aliphatic carbocycles. The highest BCUT2D eigenvalue weighted by molar-refractivity contribution is 5.32. The van der Waals surface area contributed by atoms with Gasteiger partial charge in [-0.1, -0.05) is 30.3 Å². The van der Waals surface area contributed by atoms with Gasteiger partial charge < -0.3 is 9.47 Å². The molecule has 1 heterocycles.